The molecule has 106 valence electrons. The van der Waals surface area contributed by atoms with E-state index in [0.717, 1.165) is 45.6 Å². The fourth-order valence-corrected chi connectivity index (χ4v) is 4.34. The monoisotopic (exact) mass is 276 g/mol. The van der Waals surface area contributed by atoms with Gasteiger partial charge in [0.05, 0.1) is 24.2 Å². The van der Waals surface area contributed by atoms with Crippen LogP contribution >= 0.6 is 0 Å². The molecule has 0 aromatic heterocycles. The van der Waals surface area contributed by atoms with Crippen LogP contribution in [0.4, 0.5) is 0 Å². The number of rotatable bonds is 4. The molecule has 1 N–H and O–H groups in total. The normalized spacial score (nSPS) is 33.4. The van der Waals surface area contributed by atoms with Gasteiger partial charge in [-0.15, -0.1) is 0 Å². The number of likely N-dealkylation sites (N-methyl/N-ethyl adjacent to an activating group) is 1. The van der Waals surface area contributed by atoms with Gasteiger partial charge in [-0.3, -0.25) is 4.90 Å². The Morgan fingerprint density at radius 3 is 3.00 bits per heavy atom. The highest BCUT2D eigenvalue weighted by molar-refractivity contribution is 7.91. The van der Waals surface area contributed by atoms with Gasteiger partial charge in [0.2, 0.25) is 0 Å². The first-order valence-corrected chi connectivity index (χ1v) is 8.69. The molecule has 2 heterocycles. The highest BCUT2D eigenvalue weighted by atomic mass is 32.2. The minimum Gasteiger partial charge on any atom is -0.374 e. The van der Waals surface area contributed by atoms with Crippen molar-refractivity contribution in [1.29, 1.82) is 0 Å². The molecule has 2 unspecified atom stereocenters. The summed E-state index contributed by atoms with van der Waals surface area (Å²) in [7, 11) is -2.81. The summed E-state index contributed by atoms with van der Waals surface area (Å²) in [6.45, 7) is 6.70. The van der Waals surface area contributed by atoms with Crippen LogP contribution in [0.5, 0.6) is 0 Å². The lowest BCUT2D eigenvalue weighted by molar-refractivity contribution is -0.0262. The Bertz CT molecular complexity index is 358. The van der Waals surface area contributed by atoms with Crippen molar-refractivity contribution in [2.24, 2.45) is 0 Å². The van der Waals surface area contributed by atoms with Gasteiger partial charge in [-0.05, 0) is 19.4 Å². The molecular weight excluding hydrogens is 252 g/mol. The molecule has 18 heavy (non-hydrogen) atoms. The average molecular weight is 276 g/mol. The second-order valence-corrected chi connectivity index (χ2v) is 7.48. The van der Waals surface area contributed by atoms with Crippen molar-refractivity contribution in [3.05, 3.63) is 0 Å². The van der Waals surface area contributed by atoms with Crippen LogP contribution < -0.4 is 5.32 Å². The third kappa shape index (κ3) is 4.19. The lowest BCUT2D eigenvalue weighted by Gasteiger charge is -2.33. The van der Waals surface area contributed by atoms with Crippen molar-refractivity contribution >= 4 is 9.84 Å². The molecule has 0 bridgehead atoms. The number of sulfone groups is 1. The van der Waals surface area contributed by atoms with Crippen molar-refractivity contribution < 1.29 is 13.2 Å². The average Bonchev–Trinajstić information content (AvgIpc) is 2.35. The Balaban J connectivity index is 1.74. The van der Waals surface area contributed by atoms with Crippen molar-refractivity contribution in [3.8, 4) is 0 Å². The summed E-state index contributed by atoms with van der Waals surface area (Å²) in [6.07, 6.45) is 1.94. The first-order valence-electron chi connectivity index (χ1n) is 6.87. The molecular formula is C12H24N2O3S. The summed E-state index contributed by atoms with van der Waals surface area (Å²) < 4.78 is 28.8. The maximum absolute atomic E-state index is 11.5. The first kappa shape index (κ1) is 14.2. The van der Waals surface area contributed by atoms with Crippen LogP contribution in [-0.2, 0) is 14.6 Å². The molecule has 0 saturated carbocycles. The van der Waals surface area contributed by atoms with Gasteiger partial charge in [-0.1, -0.05) is 6.92 Å². The minimum absolute atomic E-state index is 0.115. The molecule has 2 atom stereocenters. The van der Waals surface area contributed by atoms with Gasteiger partial charge in [-0.25, -0.2) is 8.42 Å². The molecule has 0 aromatic carbocycles. The highest BCUT2D eigenvalue weighted by Crippen LogP contribution is 2.12. The van der Waals surface area contributed by atoms with E-state index in [9.17, 15) is 8.42 Å². The van der Waals surface area contributed by atoms with Crippen LogP contribution in [-0.4, -0.2) is 69.8 Å². The predicted molar refractivity (Wildman–Crippen MR) is 71.5 cm³/mol. The SMILES string of the molecule is CCN1CCOC(CNC2CCCS(=O)(=O)C2)C1. The molecule has 5 nitrogen and oxygen atoms in total. The van der Waals surface area contributed by atoms with Gasteiger partial charge < -0.3 is 10.1 Å². The van der Waals surface area contributed by atoms with Crippen LogP contribution in [0.25, 0.3) is 0 Å². The Kier molecular flexibility index (Phi) is 5.00. The number of nitrogens with one attached hydrogen (secondary N) is 1. The van der Waals surface area contributed by atoms with Gasteiger partial charge in [0, 0.05) is 25.7 Å². The molecule has 2 rings (SSSR count). The van der Waals surface area contributed by atoms with Crippen molar-refractivity contribution in [3.63, 3.8) is 0 Å². The van der Waals surface area contributed by atoms with E-state index in [-0.39, 0.29) is 17.9 Å². The summed E-state index contributed by atoms with van der Waals surface area (Å²) in [5.41, 5.74) is 0. The van der Waals surface area contributed by atoms with Crippen LogP contribution in [0.1, 0.15) is 19.8 Å². The lowest BCUT2D eigenvalue weighted by atomic mass is 10.1. The number of nitrogens with zero attached hydrogens (tertiary/aromatic N) is 1. The molecule has 2 aliphatic heterocycles. The first-order chi connectivity index (χ1) is 8.59. The smallest absolute Gasteiger partial charge is 0.151 e. The number of morpholine rings is 1. The number of hydrogen-bond acceptors (Lipinski definition) is 5. The van der Waals surface area contributed by atoms with Crippen LogP contribution in [0, 0.1) is 0 Å². The Morgan fingerprint density at radius 2 is 2.28 bits per heavy atom. The molecule has 2 fully saturated rings. The van der Waals surface area contributed by atoms with E-state index < -0.39 is 9.84 Å². The van der Waals surface area contributed by atoms with Crippen LogP contribution in [0.3, 0.4) is 0 Å². The van der Waals surface area contributed by atoms with Crippen molar-refractivity contribution in [1.82, 2.24) is 10.2 Å². The Hall–Kier alpha value is -0.170. The van der Waals surface area contributed by atoms with Crippen LogP contribution in [0.2, 0.25) is 0 Å². The Labute approximate surface area is 110 Å². The van der Waals surface area contributed by atoms with E-state index in [0.29, 0.717) is 5.75 Å². The summed E-state index contributed by atoms with van der Waals surface area (Å²) in [6, 6.07) is 0.115. The topological polar surface area (TPSA) is 58.6 Å². The molecule has 2 aliphatic rings. The molecule has 0 amide bonds. The zero-order valence-electron chi connectivity index (χ0n) is 11.1. The highest BCUT2D eigenvalue weighted by Gasteiger charge is 2.26. The van der Waals surface area contributed by atoms with Gasteiger partial charge in [0.1, 0.15) is 0 Å². The van der Waals surface area contributed by atoms with E-state index in [2.05, 4.69) is 17.1 Å². The predicted octanol–water partition coefficient (Wildman–Crippen LogP) is -0.126. The molecule has 0 radical (unpaired) electrons. The summed E-state index contributed by atoms with van der Waals surface area (Å²) in [4.78, 5) is 2.37. The van der Waals surface area contributed by atoms with E-state index in [1.54, 1.807) is 0 Å². The number of ether oxygens (including phenoxy) is 1. The van der Waals surface area contributed by atoms with Gasteiger partial charge in [0.25, 0.3) is 0 Å². The van der Waals surface area contributed by atoms with Crippen LogP contribution in [0.15, 0.2) is 0 Å². The summed E-state index contributed by atoms with van der Waals surface area (Å²) >= 11 is 0. The van der Waals surface area contributed by atoms with E-state index in [1.807, 2.05) is 0 Å². The third-order valence-electron chi connectivity index (χ3n) is 3.77. The fraction of sp³-hybridized carbons (Fsp3) is 1.00. The van der Waals surface area contributed by atoms with E-state index in [4.69, 9.17) is 4.74 Å². The lowest BCUT2D eigenvalue weighted by Crippen LogP contribution is -2.49. The molecule has 0 aromatic rings. The van der Waals surface area contributed by atoms with E-state index >= 15 is 0 Å². The quantitative estimate of drug-likeness (QED) is 0.775. The molecule has 6 heteroatoms. The fourth-order valence-electron chi connectivity index (χ4n) is 2.67. The standard InChI is InChI=1S/C12H24N2O3S/c1-2-14-5-6-17-12(9-14)8-13-11-4-3-7-18(15,16)10-11/h11-13H,2-10H2,1H3. The van der Waals surface area contributed by atoms with E-state index in [1.165, 1.54) is 0 Å². The van der Waals surface area contributed by atoms with Gasteiger partial charge >= 0.3 is 0 Å². The van der Waals surface area contributed by atoms with Gasteiger partial charge in [-0.2, -0.15) is 0 Å². The Morgan fingerprint density at radius 1 is 1.44 bits per heavy atom. The summed E-state index contributed by atoms with van der Waals surface area (Å²) in [5.74, 6) is 0.645. The molecule has 0 aliphatic carbocycles. The zero-order chi connectivity index (χ0) is 13.0. The van der Waals surface area contributed by atoms with Gasteiger partial charge in [0.15, 0.2) is 9.84 Å². The minimum atomic E-state index is -2.81. The second-order valence-electron chi connectivity index (χ2n) is 5.25. The van der Waals surface area contributed by atoms with Crippen molar-refractivity contribution in [2.45, 2.75) is 31.9 Å². The maximum Gasteiger partial charge on any atom is 0.151 e. The zero-order valence-corrected chi connectivity index (χ0v) is 11.9. The third-order valence-corrected chi connectivity index (χ3v) is 5.59. The maximum atomic E-state index is 11.5. The molecule has 0 spiro atoms. The second kappa shape index (κ2) is 6.32. The number of hydrogen-bond donors (Lipinski definition) is 1. The molecule has 2 saturated heterocycles. The van der Waals surface area contributed by atoms with Crippen molar-refractivity contribution in [2.75, 3.05) is 44.3 Å². The largest absolute Gasteiger partial charge is 0.374 e. The summed E-state index contributed by atoms with van der Waals surface area (Å²) in [5, 5.41) is 3.36.